The SMILES string of the molecule is CCCCCCCCCCCC(=O)N[C@@H](CS(=O)(=O)O)C(=O)O. The number of hydrogen-bond donors (Lipinski definition) is 3. The molecule has 0 aromatic carbocycles. The Bertz CT molecular complexity index is 449. The zero-order chi connectivity index (χ0) is 17.7. The smallest absolute Gasteiger partial charge is 0.327 e. The van der Waals surface area contributed by atoms with Crippen molar-refractivity contribution in [2.24, 2.45) is 0 Å². The van der Waals surface area contributed by atoms with Crippen LogP contribution >= 0.6 is 0 Å². The van der Waals surface area contributed by atoms with Crippen LogP contribution in [0.25, 0.3) is 0 Å². The minimum atomic E-state index is -4.45. The second-order valence-corrected chi connectivity index (χ2v) is 7.28. The van der Waals surface area contributed by atoms with Crippen LogP contribution in [-0.4, -0.2) is 41.7 Å². The summed E-state index contributed by atoms with van der Waals surface area (Å²) in [4.78, 5) is 22.4. The molecule has 0 heterocycles. The Hall–Kier alpha value is -1.15. The topological polar surface area (TPSA) is 121 Å². The maximum atomic E-state index is 11.6. The van der Waals surface area contributed by atoms with Crippen molar-refractivity contribution < 1.29 is 27.7 Å². The molecule has 23 heavy (non-hydrogen) atoms. The number of carbonyl (C=O) groups excluding carboxylic acids is 1. The molecule has 0 aromatic rings. The Morgan fingerprint density at radius 1 is 0.957 bits per heavy atom. The van der Waals surface area contributed by atoms with E-state index in [-0.39, 0.29) is 6.42 Å². The predicted molar refractivity (Wildman–Crippen MR) is 87.8 cm³/mol. The summed E-state index contributed by atoms with van der Waals surface area (Å²) in [6.07, 6.45) is 10.0. The first kappa shape index (κ1) is 21.9. The minimum Gasteiger partial charge on any atom is -0.480 e. The van der Waals surface area contributed by atoms with Gasteiger partial charge in [-0.2, -0.15) is 8.42 Å². The highest BCUT2D eigenvalue weighted by atomic mass is 32.2. The molecule has 0 unspecified atom stereocenters. The zero-order valence-electron chi connectivity index (χ0n) is 13.8. The van der Waals surface area contributed by atoms with E-state index in [2.05, 4.69) is 12.2 Å². The molecule has 0 aliphatic heterocycles. The number of carboxylic acid groups (broad SMARTS) is 1. The summed E-state index contributed by atoms with van der Waals surface area (Å²) in [6, 6.07) is -1.61. The monoisotopic (exact) mass is 351 g/mol. The average Bonchev–Trinajstić information content (AvgIpc) is 2.43. The molecule has 0 aliphatic carbocycles. The van der Waals surface area contributed by atoms with Crippen LogP contribution in [0.3, 0.4) is 0 Å². The highest BCUT2D eigenvalue weighted by Crippen LogP contribution is 2.10. The largest absolute Gasteiger partial charge is 0.480 e. The van der Waals surface area contributed by atoms with E-state index in [1.807, 2.05) is 0 Å². The van der Waals surface area contributed by atoms with Crippen LogP contribution in [0, 0.1) is 0 Å². The van der Waals surface area contributed by atoms with Crippen LogP contribution in [0.4, 0.5) is 0 Å². The van der Waals surface area contributed by atoms with Gasteiger partial charge in [0, 0.05) is 6.42 Å². The lowest BCUT2D eigenvalue weighted by Crippen LogP contribution is -2.45. The second-order valence-electron chi connectivity index (χ2n) is 5.79. The molecule has 1 atom stereocenters. The molecule has 0 rings (SSSR count). The second kappa shape index (κ2) is 12.3. The van der Waals surface area contributed by atoms with Gasteiger partial charge < -0.3 is 10.4 Å². The highest BCUT2D eigenvalue weighted by Gasteiger charge is 2.25. The predicted octanol–water partition coefficient (Wildman–Crippen LogP) is 2.36. The van der Waals surface area contributed by atoms with Crippen molar-refractivity contribution in [3.8, 4) is 0 Å². The van der Waals surface area contributed by atoms with Crippen LogP contribution in [-0.2, 0) is 19.7 Å². The third-order valence-electron chi connectivity index (χ3n) is 3.52. The number of amides is 1. The van der Waals surface area contributed by atoms with Gasteiger partial charge in [0.15, 0.2) is 0 Å². The van der Waals surface area contributed by atoms with Crippen molar-refractivity contribution in [1.29, 1.82) is 0 Å². The summed E-state index contributed by atoms with van der Waals surface area (Å²) in [5.74, 6) is -3.02. The summed E-state index contributed by atoms with van der Waals surface area (Å²) in [7, 11) is -4.45. The molecule has 8 heteroatoms. The fraction of sp³-hybridized carbons (Fsp3) is 0.867. The van der Waals surface area contributed by atoms with E-state index in [4.69, 9.17) is 9.66 Å². The lowest BCUT2D eigenvalue weighted by Gasteiger charge is -2.12. The number of carboxylic acids is 1. The van der Waals surface area contributed by atoms with E-state index < -0.39 is 33.8 Å². The van der Waals surface area contributed by atoms with Crippen molar-refractivity contribution >= 4 is 22.0 Å². The van der Waals surface area contributed by atoms with Gasteiger partial charge >= 0.3 is 5.97 Å². The molecule has 0 spiro atoms. The Morgan fingerprint density at radius 2 is 1.43 bits per heavy atom. The molecule has 0 bridgehead atoms. The fourth-order valence-electron chi connectivity index (χ4n) is 2.25. The normalized spacial score (nSPS) is 12.8. The van der Waals surface area contributed by atoms with Crippen LogP contribution in [0.2, 0.25) is 0 Å². The van der Waals surface area contributed by atoms with E-state index >= 15 is 0 Å². The lowest BCUT2D eigenvalue weighted by atomic mass is 10.1. The molecular formula is C15H29NO6S. The van der Waals surface area contributed by atoms with Gasteiger partial charge in [-0.05, 0) is 6.42 Å². The molecule has 0 aromatic heterocycles. The van der Waals surface area contributed by atoms with E-state index in [0.29, 0.717) is 6.42 Å². The van der Waals surface area contributed by atoms with Gasteiger partial charge in [-0.1, -0.05) is 58.3 Å². The van der Waals surface area contributed by atoms with Crippen molar-refractivity contribution in [2.45, 2.75) is 77.2 Å². The molecule has 0 fully saturated rings. The lowest BCUT2D eigenvalue weighted by molar-refractivity contribution is -0.141. The maximum absolute atomic E-state index is 11.6. The average molecular weight is 351 g/mol. The molecule has 1 amide bonds. The first-order valence-electron chi connectivity index (χ1n) is 8.23. The maximum Gasteiger partial charge on any atom is 0.327 e. The quantitative estimate of drug-likeness (QED) is 0.326. The first-order chi connectivity index (χ1) is 10.8. The van der Waals surface area contributed by atoms with Crippen LogP contribution in [0.15, 0.2) is 0 Å². The van der Waals surface area contributed by atoms with Crippen molar-refractivity contribution in [1.82, 2.24) is 5.32 Å². The Balaban J connectivity index is 3.78. The Kier molecular flexibility index (Phi) is 11.7. The number of carbonyl (C=O) groups is 2. The zero-order valence-corrected chi connectivity index (χ0v) is 14.6. The van der Waals surface area contributed by atoms with E-state index in [1.165, 1.54) is 32.1 Å². The standard InChI is InChI=1S/C15H29NO6S/c1-2-3-4-5-6-7-8-9-10-11-14(17)16-13(15(18)19)12-23(20,21)22/h13H,2-12H2,1H3,(H,16,17)(H,18,19)(H,20,21,22)/t13-/m0/s1. The number of unbranched alkanes of at least 4 members (excludes halogenated alkanes) is 8. The fourth-order valence-corrected chi connectivity index (χ4v) is 2.90. The van der Waals surface area contributed by atoms with Gasteiger partial charge in [0.2, 0.25) is 5.91 Å². The van der Waals surface area contributed by atoms with Crippen molar-refractivity contribution in [3.05, 3.63) is 0 Å². The van der Waals surface area contributed by atoms with Gasteiger partial charge in [-0.3, -0.25) is 9.35 Å². The van der Waals surface area contributed by atoms with Crippen molar-refractivity contribution in [2.75, 3.05) is 5.75 Å². The van der Waals surface area contributed by atoms with Crippen LogP contribution in [0.1, 0.15) is 71.1 Å². The molecule has 136 valence electrons. The highest BCUT2D eigenvalue weighted by molar-refractivity contribution is 7.85. The Morgan fingerprint density at radius 3 is 1.87 bits per heavy atom. The molecule has 0 aliphatic rings. The minimum absolute atomic E-state index is 0.158. The Labute approximate surface area is 138 Å². The summed E-state index contributed by atoms with van der Waals surface area (Å²) in [5, 5.41) is 10.9. The third-order valence-corrected chi connectivity index (χ3v) is 4.27. The summed E-state index contributed by atoms with van der Waals surface area (Å²) < 4.78 is 30.0. The molecular weight excluding hydrogens is 322 g/mol. The van der Waals surface area contributed by atoms with Gasteiger partial charge in [0.25, 0.3) is 10.1 Å². The van der Waals surface area contributed by atoms with E-state index in [1.54, 1.807) is 0 Å². The van der Waals surface area contributed by atoms with E-state index in [0.717, 1.165) is 19.3 Å². The third kappa shape index (κ3) is 14.2. The molecule has 0 radical (unpaired) electrons. The van der Waals surface area contributed by atoms with Gasteiger partial charge in [-0.25, -0.2) is 4.79 Å². The summed E-state index contributed by atoms with van der Waals surface area (Å²) >= 11 is 0. The molecule has 0 saturated carbocycles. The molecule has 0 saturated heterocycles. The number of hydrogen-bond acceptors (Lipinski definition) is 4. The first-order valence-corrected chi connectivity index (χ1v) is 9.84. The summed E-state index contributed by atoms with van der Waals surface area (Å²) in [5.41, 5.74) is 0. The van der Waals surface area contributed by atoms with E-state index in [9.17, 15) is 18.0 Å². The number of nitrogens with one attached hydrogen (secondary N) is 1. The summed E-state index contributed by atoms with van der Waals surface area (Å²) in [6.45, 7) is 2.18. The van der Waals surface area contributed by atoms with Gasteiger partial charge in [0.1, 0.15) is 11.8 Å². The number of rotatable bonds is 14. The van der Waals surface area contributed by atoms with Crippen molar-refractivity contribution in [3.63, 3.8) is 0 Å². The molecule has 7 nitrogen and oxygen atoms in total. The number of aliphatic carboxylic acids is 1. The van der Waals surface area contributed by atoms with Gasteiger partial charge in [-0.15, -0.1) is 0 Å². The van der Waals surface area contributed by atoms with Gasteiger partial charge in [0.05, 0.1) is 0 Å². The van der Waals surface area contributed by atoms with Crippen LogP contribution < -0.4 is 5.32 Å². The van der Waals surface area contributed by atoms with Crippen LogP contribution in [0.5, 0.6) is 0 Å². The molecule has 3 N–H and O–H groups in total.